The summed E-state index contributed by atoms with van der Waals surface area (Å²) in [6, 6.07) is 5.68. The summed E-state index contributed by atoms with van der Waals surface area (Å²) in [5.74, 6) is 0.899. The average molecular weight is 419 g/mol. The lowest BCUT2D eigenvalue weighted by Gasteiger charge is -2.07. The fraction of sp³-hybridized carbons (Fsp3) is 0.318. The first-order valence-corrected chi connectivity index (χ1v) is 11.1. The number of fused-ring (bicyclic) bond motifs is 3. The number of aryl methyl sites for hydroxylation is 3. The molecule has 0 radical (unpaired) electrons. The van der Waals surface area contributed by atoms with E-state index in [4.69, 9.17) is 9.97 Å². The van der Waals surface area contributed by atoms with Gasteiger partial charge < -0.3 is 9.88 Å². The van der Waals surface area contributed by atoms with Crippen LogP contribution in [0.1, 0.15) is 46.1 Å². The number of nitrogens with one attached hydrogen (secondary N) is 1. The van der Waals surface area contributed by atoms with Gasteiger partial charge in [-0.05, 0) is 38.0 Å². The number of carbonyl (C=O) groups is 1. The van der Waals surface area contributed by atoms with Gasteiger partial charge in [0, 0.05) is 42.0 Å². The van der Waals surface area contributed by atoms with Crippen molar-refractivity contribution in [1.29, 1.82) is 0 Å². The number of aromatic nitrogens is 5. The fourth-order valence-corrected chi connectivity index (χ4v) is 4.63. The zero-order valence-corrected chi connectivity index (χ0v) is 17.6. The van der Waals surface area contributed by atoms with Crippen molar-refractivity contribution in [3.05, 3.63) is 58.1 Å². The Morgan fingerprint density at radius 2 is 2.03 bits per heavy atom. The highest BCUT2D eigenvalue weighted by atomic mass is 32.1. The van der Waals surface area contributed by atoms with Crippen molar-refractivity contribution < 1.29 is 4.79 Å². The third kappa shape index (κ3) is 3.59. The van der Waals surface area contributed by atoms with E-state index in [2.05, 4.69) is 19.9 Å². The Hall–Kier alpha value is -3.13. The maximum Gasteiger partial charge on any atom is 0.254 e. The molecule has 30 heavy (non-hydrogen) atoms. The molecule has 4 aromatic rings. The summed E-state index contributed by atoms with van der Waals surface area (Å²) in [7, 11) is 0. The number of amides is 1. The Balaban J connectivity index is 1.38. The van der Waals surface area contributed by atoms with Crippen LogP contribution >= 0.6 is 11.3 Å². The van der Waals surface area contributed by atoms with E-state index in [0.29, 0.717) is 17.6 Å². The number of hydrogen-bond acceptors (Lipinski definition) is 6. The monoisotopic (exact) mass is 418 g/mol. The summed E-state index contributed by atoms with van der Waals surface area (Å²) in [6.07, 6.45) is 7.90. The zero-order valence-electron chi connectivity index (χ0n) is 16.8. The number of thiazole rings is 1. The molecular formula is C22H22N6OS. The normalized spacial score (nSPS) is 13.8. The van der Waals surface area contributed by atoms with E-state index in [0.717, 1.165) is 59.2 Å². The number of pyridine rings is 2. The zero-order chi connectivity index (χ0) is 20.5. The number of imidazole rings is 1. The van der Waals surface area contributed by atoms with Crippen molar-refractivity contribution in [2.24, 2.45) is 0 Å². The Bertz CT molecular complexity index is 1210. The smallest absolute Gasteiger partial charge is 0.254 e. The van der Waals surface area contributed by atoms with Crippen LogP contribution in [0.25, 0.3) is 22.4 Å². The van der Waals surface area contributed by atoms with Crippen LogP contribution in [-0.2, 0) is 19.5 Å². The lowest BCUT2D eigenvalue weighted by Crippen LogP contribution is -2.23. The quantitative estimate of drug-likeness (QED) is 0.543. The van der Waals surface area contributed by atoms with Crippen molar-refractivity contribution in [1.82, 2.24) is 29.8 Å². The van der Waals surface area contributed by atoms with Gasteiger partial charge in [-0.3, -0.25) is 9.78 Å². The maximum atomic E-state index is 13.0. The van der Waals surface area contributed by atoms with E-state index in [9.17, 15) is 4.79 Å². The average Bonchev–Trinajstić information content (AvgIpc) is 3.30. The van der Waals surface area contributed by atoms with Crippen LogP contribution in [0.3, 0.4) is 0 Å². The maximum absolute atomic E-state index is 13.0. The first kappa shape index (κ1) is 18.9. The largest absolute Gasteiger partial charge is 0.345 e. The van der Waals surface area contributed by atoms with E-state index in [1.54, 1.807) is 12.4 Å². The summed E-state index contributed by atoms with van der Waals surface area (Å²) in [5.41, 5.74) is 4.85. The van der Waals surface area contributed by atoms with Crippen molar-refractivity contribution in [2.75, 3.05) is 0 Å². The highest BCUT2D eigenvalue weighted by Crippen LogP contribution is 2.25. The molecule has 0 aromatic carbocycles. The number of hydrogen-bond donors (Lipinski definition) is 1. The number of carbonyl (C=O) groups excluding carboxylic acids is 1. The summed E-state index contributed by atoms with van der Waals surface area (Å²) in [6.45, 7) is 3.22. The standard InChI is InChI=1S/C22H22N6OS/c1-14-11-16(20-21(25-14)28-10-4-2-3-5-18(28)27-20)22(29)24-12-19-26-17(13-30-19)15-6-8-23-9-7-15/h6-9,11,13H,2-5,10,12H2,1H3,(H,24,29). The van der Waals surface area contributed by atoms with Gasteiger partial charge in [-0.1, -0.05) is 6.42 Å². The Morgan fingerprint density at radius 3 is 2.90 bits per heavy atom. The minimum atomic E-state index is -0.139. The molecule has 1 aliphatic rings. The first-order valence-electron chi connectivity index (χ1n) is 10.2. The molecule has 5 rings (SSSR count). The third-order valence-corrected chi connectivity index (χ3v) is 6.21. The summed E-state index contributed by atoms with van der Waals surface area (Å²) < 4.78 is 2.19. The molecule has 1 amide bonds. The first-order chi connectivity index (χ1) is 14.7. The summed E-state index contributed by atoms with van der Waals surface area (Å²) >= 11 is 1.53. The van der Waals surface area contributed by atoms with Crippen LogP contribution in [0.2, 0.25) is 0 Å². The van der Waals surface area contributed by atoms with Gasteiger partial charge in [0.15, 0.2) is 5.65 Å². The van der Waals surface area contributed by atoms with E-state index in [1.165, 1.54) is 17.8 Å². The van der Waals surface area contributed by atoms with Crippen LogP contribution in [0.5, 0.6) is 0 Å². The van der Waals surface area contributed by atoms with Gasteiger partial charge in [-0.2, -0.15) is 0 Å². The molecule has 0 spiro atoms. The van der Waals surface area contributed by atoms with E-state index >= 15 is 0 Å². The van der Waals surface area contributed by atoms with Crippen LogP contribution in [-0.4, -0.2) is 30.4 Å². The molecule has 0 fully saturated rings. The molecule has 1 aliphatic heterocycles. The summed E-state index contributed by atoms with van der Waals surface area (Å²) in [5, 5.41) is 5.87. The van der Waals surface area contributed by atoms with Gasteiger partial charge in [0.2, 0.25) is 0 Å². The van der Waals surface area contributed by atoms with Gasteiger partial charge >= 0.3 is 0 Å². The van der Waals surface area contributed by atoms with Crippen molar-refractivity contribution in [2.45, 2.75) is 45.7 Å². The lowest BCUT2D eigenvalue weighted by molar-refractivity contribution is 0.0952. The van der Waals surface area contributed by atoms with Gasteiger partial charge in [0.05, 0.1) is 17.8 Å². The van der Waals surface area contributed by atoms with E-state index in [1.807, 2.05) is 30.5 Å². The molecule has 5 heterocycles. The Labute approximate surface area is 178 Å². The Kier molecular flexibility index (Phi) is 5.00. The van der Waals surface area contributed by atoms with Crippen molar-refractivity contribution in [3.8, 4) is 11.3 Å². The third-order valence-electron chi connectivity index (χ3n) is 5.37. The molecule has 4 aromatic heterocycles. The fourth-order valence-electron chi connectivity index (χ4n) is 3.89. The lowest BCUT2D eigenvalue weighted by atomic mass is 10.2. The molecule has 152 valence electrons. The molecule has 7 nitrogen and oxygen atoms in total. The predicted molar refractivity (Wildman–Crippen MR) is 116 cm³/mol. The molecule has 8 heteroatoms. The molecular weight excluding hydrogens is 396 g/mol. The van der Waals surface area contributed by atoms with Crippen LogP contribution in [0.15, 0.2) is 36.0 Å². The second kappa shape index (κ2) is 7.95. The molecule has 0 unspecified atom stereocenters. The summed E-state index contributed by atoms with van der Waals surface area (Å²) in [4.78, 5) is 31.2. The van der Waals surface area contributed by atoms with Gasteiger partial charge in [0.1, 0.15) is 16.3 Å². The van der Waals surface area contributed by atoms with Crippen molar-refractivity contribution in [3.63, 3.8) is 0 Å². The number of nitrogens with zero attached hydrogens (tertiary/aromatic N) is 5. The minimum absolute atomic E-state index is 0.139. The van der Waals surface area contributed by atoms with Crippen LogP contribution in [0, 0.1) is 6.92 Å². The molecule has 1 N–H and O–H groups in total. The molecule has 0 bridgehead atoms. The van der Waals surface area contributed by atoms with Gasteiger partial charge in [-0.25, -0.2) is 15.0 Å². The highest BCUT2D eigenvalue weighted by Gasteiger charge is 2.21. The topological polar surface area (TPSA) is 85.6 Å². The van der Waals surface area contributed by atoms with Gasteiger partial charge in [-0.15, -0.1) is 11.3 Å². The molecule has 0 saturated carbocycles. The number of rotatable bonds is 4. The van der Waals surface area contributed by atoms with E-state index in [-0.39, 0.29) is 5.91 Å². The van der Waals surface area contributed by atoms with Crippen LogP contribution < -0.4 is 5.32 Å². The van der Waals surface area contributed by atoms with Gasteiger partial charge in [0.25, 0.3) is 5.91 Å². The van der Waals surface area contributed by atoms with E-state index < -0.39 is 0 Å². The highest BCUT2D eigenvalue weighted by molar-refractivity contribution is 7.09. The Morgan fingerprint density at radius 1 is 1.17 bits per heavy atom. The molecule has 0 aliphatic carbocycles. The van der Waals surface area contributed by atoms with Crippen LogP contribution in [0.4, 0.5) is 0 Å². The SMILES string of the molecule is Cc1cc(C(=O)NCc2nc(-c3ccncc3)cs2)c2nc3n(c2n1)CCCCC3. The second-order valence-electron chi connectivity index (χ2n) is 7.52. The minimum Gasteiger partial charge on any atom is -0.345 e. The predicted octanol–water partition coefficient (Wildman–Crippen LogP) is 3.91. The van der Waals surface area contributed by atoms with Crippen molar-refractivity contribution >= 4 is 28.4 Å². The molecule has 0 atom stereocenters. The molecule has 0 saturated heterocycles. The second-order valence-corrected chi connectivity index (χ2v) is 8.46.